The number of hydroxylamine groups is 2. The smallest absolute Gasteiger partial charge is 0.342 e. The van der Waals surface area contributed by atoms with E-state index in [-0.39, 0.29) is 71.6 Å². The number of methoxy groups -OCH3 is 7. The van der Waals surface area contributed by atoms with Gasteiger partial charge < -0.3 is 169 Å². The lowest BCUT2D eigenvalue weighted by molar-refractivity contribution is -0.422. The van der Waals surface area contributed by atoms with Crippen molar-refractivity contribution in [2.75, 3.05) is 76.4 Å². The van der Waals surface area contributed by atoms with Crippen molar-refractivity contribution in [3.05, 3.63) is 26.4 Å². The summed E-state index contributed by atoms with van der Waals surface area (Å²) in [5, 5.41) is 93.8. The lowest BCUT2D eigenvalue weighted by Gasteiger charge is -2.53. The highest BCUT2D eigenvalue weighted by molar-refractivity contribution is 6.39. The van der Waals surface area contributed by atoms with E-state index in [4.69, 9.17) is 151 Å². The van der Waals surface area contributed by atoms with Gasteiger partial charge in [-0.2, -0.15) is 0 Å². The number of phenols is 1. The molecule has 11 aliphatic rings. The van der Waals surface area contributed by atoms with Crippen molar-refractivity contribution < 1.29 is 169 Å². The van der Waals surface area contributed by atoms with E-state index in [0.29, 0.717) is 0 Å². The zero-order chi connectivity index (χ0) is 76.1. The summed E-state index contributed by atoms with van der Waals surface area (Å²) in [6.45, 7) is 13.5. The molecular formula is C66H100Cl2NO36-. The molecule has 0 amide bonds. The molecule has 39 heteroatoms. The van der Waals surface area contributed by atoms with Crippen LogP contribution in [0, 0.1) is 12.1 Å². The third kappa shape index (κ3) is 14.8. The van der Waals surface area contributed by atoms with Crippen molar-refractivity contribution in [1.82, 2.24) is 5.23 Å². The number of benzene rings is 1. The van der Waals surface area contributed by atoms with Gasteiger partial charge in [0.1, 0.15) is 126 Å². The van der Waals surface area contributed by atoms with Gasteiger partial charge in [-0.1, -0.05) is 23.2 Å². The Morgan fingerprint density at radius 1 is 0.667 bits per heavy atom. The molecule has 0 aromatic heterocycles. The lowest BCUT2D eigenvalue weighted by atomic mass is 9.85. The summed E-state index contributed by atoms with van der Waals surface area (Å²) >= 11 is 12.8. The minimum Gasteiger partial charge on any atom is -0.762 e. The Kier molecular flexibility index (Phi) is 25.2. The Hall–Kier alpha value is -2.45. The van der Waals surface area contributed by atoms with Crippen molar-refractivity contribution in [3.8, 4) is 11.5 Å². The molecule has 11 aliphatic heterocycles. The molecule has 600 valence electrons. The van der Waals surface area contributed by atoms with E-state index in [9.17, 15) is 45.8 Å². The van der Waals surface area contributed by atoms with Crippen LogP contribution in [0.2, 0.25) is 10.0 Å². The van der Waals surface area contributed by atoms with E-state index >= 15 is 0 Å². The van der Waals surface area contributed by atoms with Crippen LogP contribution < -0.4 is 4.74 Å². The van der Waals surface area contributed by atoms with E-state index in [2.05, 4.69) is 0 Å². The number of phenolic OH excluding ortho intramolecular Hbond substituents is 1. The molecule has 0 aliphatic carbocycles. The van der Waals surface area contributed by atoms with Crippen LogP contribution in [0.1, 0.15) is 90.6 Å². The zero-order valence-electron chi connectivity index (χ0n) is 61.0. The molecular weight excluding hydrogens is 1450 g/mol. The monoisotopic (exact) mass is 1550 g/mol. The normalized spacial score (nSPS) is 48.8. The van der Waals surface area contributed by atoms with Gasteiger partial charge in [-0.15, -0.1) is 0 Å². The van der Waals surface area contributed by atoms with Crippen molar-refractivity contribution in [1.29, 1.82) is 0 Å². The van der Waals surface area contributed by atoms with Gasteiger partial charge in [0.2, 0.25) is 0 Å². The number of carbonyl (C=O) groups is 1. The molecule has 0 bridgehead atoms. The summed E-state index contributed by atoms with van der Waals surface area (Å²) < 4.78 is 167. The van der Waals surface area contributed by atoms with Crippen molar-refractivity contribution in [2.45, 2.75) is 301 Å². The van der Waals surface area contributed by atoms with Crippen molar-refractivity contribution >= 4 is 29.2 Å². The third-order valence-corrected chi connectivity index (χ3v) is 23.0. The number of esters is 1. The molecule has 0 saturated carbocycles. The Bertz CT molecular complexity index is 3130. The largest absolute Gasteiger partial charge is 0.762 e. The maximum Gasteiger partial charge on any atom is 0.342 e. The van der Waals surface area contributed by atoms with Gasteiger partial charge in [-0.05, 0) is 67.9 Å². The van der Waals surface area contributed by atoms with E-state index in [0.717, 1.165) is 0 Å². The van der Waals surface area contributed by atoms with E-state index in [1.165, 1.54) is 63.6 Å². The average molecular weight is 1550 g/mol. The summed E-state index contributed by atoms with van der Waals surface area (Å²) in [5.41, 5.74) is -5.03. The van der Waals surface area contributed by atoms with E-state index in [1.807, 2.05) is 0 Å². The van der Waals surface area contributed by atoms with E-state index in [1.54, 1.807) is 48.5 Å². The van der Waals surface area contributed by atoms with Crippen LogP contribution in [-0.2, 0) is 123 Å². The number of aliphatic hydroxyl groups excluding tert-OH is 4. The number of aromatic hydroxyl groups is 1. The number of ether oxygens (including phenoxy) is 27. The number of hydrogen-bond acceptors (Lipinski definition) is 37. The zero-order valence-corrected chi connectivity index (χ0v) is 62.5. The fourth-order valence-corrected chi connectivity index (χ4v) is 17.1. The first-order valence-electron chi connectivity index (χ1n) is 34.9. The van der Waals surface area contributed by atoms with Gasteiger partial charge in [0.15, 0.2) is 61.4 Å². The first-order valence-corrected chi connectivity index (χ1v) is 35.6. The molecule has 7 N–H and O–H groups in total. The van der Waals surface area contributed by atoms with Gasteiger partial charge in [0.25, 0.3) is 5.97 Å². The molecule has 0 radical (unpaired) electrons. The summed E-state index contributed by atoms with van der Waals surface area (Å²) in [5.74, 6) is -5.61. The van der Waals surface area contributed by atoms with Crippen LogP contribution in [0.15, 0.2) is 0 Å². The summed E-state index contributed by atoms with van der Waals surface area (Å²) in [7, 11) is 9.57. The van der Waals surface area contributed by atoms with Crippen LogP contribution in [0.25, 0.3) is 0 Å². The summed E-state index contributed by atoms with van der Waals surface area (Å²) in [4.78, 5) is 14.3. The average Bonchev–Trinajstić information content (AvgIpc) is 1.57. The topological polar surface area (TPSA) is 434 Å². The highest BCUT2D eigenvalue weighted by atomic mass is 35.5. The molecule has 1 aromatic carbocycles. The molecule has 11 fully saturated rings. The molecule has 1 aromatic rings. The molecule has 11 saturated heterocycles. The number of aliphatic hydroxyl groups is 5. The Morgan fingerprint density at radius 3 is 2.00 bits per heavy atom. The van der Waals surface area contributed by atoms with Crippen molar-refractivity contribution in [2.24, 2.45) is 0 Å². The summed E-state index contributed by atoms with van der Waals surface area (Å²) in [6.07, 6.45) is -37.6. The number of halogens is 2. The summed E-state index contributed by atoms with van der Waals surface area (Å²) in [6, 6.07) is 0. The highest BCUT2D eigenvalue weighted by Crippen LogP contribution is 2.53. The Balaban J connectivity index is 0.697. The van der Waals surface area contributed by atoms with Crippen LogP contribution >= 0.6 is 23.2 Å². The predicted octanol–water partition coefficient (Wildman–Crippen LogP) is 0.649. The van der Waals surface area contributed by atoms with Crippen LogP contribution in [-0.4, -0.2) is 342 Å². The van der Waals surface area contributed by atoms with Gasteiger partial charge in [-0.25, -0.2) is 4.79 Å². The first kappa shape index (κ1) is 82.0. The minimum absolute atomic E-state index is 0.0855. The second kappa shape index (κ2) is 32.2. The van der Waals surface area contributed by atoms with Gasteiger partial charge >= 0.3 is 11.9 Å². The minimum atomic E-state index is -2.04. The molecule has 11 heterocycles. The molecule has 0 unspecified atom stereocenters. The van der Waals surface area contributed by atoms with Crippen LogP contribution in [0.4, 0.5) is 0 Å². The van der Waals surface area contributed by atoms with Crippen LogP contribution in [0.5, 0.6) is 11.5 Å². The standard InChI is InChI=1S/C66H100Cl2NO36/c1-24-37(48(82-13)39(68)40(71)38(24)67)57(75)97-44-25(2)90-35(17-32(44)94-36-19-62(8,69(77)78)53(85-16)28(5)91-36)96-43-27(4)101-65(18-31(43)70)104-54-29(6)93-61(52(74)63(54,9)105-65)99-49-42(73)58(92-26(3)45(49)81-12)98-46-33(20-79-10)95-60(50(83-14)41(46)72)100-59-51(84-15)47-34(21-86-59)102-66(103-47)56-55(87-23-88-56)64(76,22-89-66)30(7)80-11/h25-36,41-47,49-56,58-61,70-74,76-77H,17-23H2,1-16H3/q-1/t25-,26-,27+,28-,29+,30-,31+,32+,33-,34-,35-,36+,41+,42+,43+,44+,45+,46-,47+,49+,50+,51+,52-,53-,54-,55-,56+,58-,59+,60+,61-,62-,63+,64+,65+,66+/m0/s1. The van der Waals surface area contributed by atoms with E-state index < -0.39 is 237 Å². The lowest BCUT2D eigenvalue weighted by Crippen LogP contribution is -2.69. The first-order chi connectivity index (χ1) is 49.7. The fraction of sp³-hybridized carbons (Fsp3) is 0.894. The Morgan fingerprint density at radius 2 is 1.34 bits per heavy atom. The number of carbonyl (C=O) groups excluding carboxylic acids is 1. The second-order valence-electron chi connectivity index (χ2n) is 28.8. The predicted molar refractivity (Wildman–Crippen MR) is 345 cm³/mol. The maximum atomic E-state index is 14.3. The number of hydrogen-bond donors (Lipinski definition) is 7. The fourth-order valence-electron chi connectivity index (χ4n) is 16.6. The maximum absolute atomic E-state index is 14.3. The SMILES string of the molecule is COC[C@@H]1O[C@H](O[C@H]2OC[C@@H]3O[C@@]4(OC[C@@](O)([C@H](C)OC)[C@H]5OCO[C@H]54)O[C@H]3[C@H]2OC)[C@H](OC)[C@H](O)[C@H]1O[C@@H]1O[C@@H](C)[C@@H](OC)[C@H](O[C@@H]2O[C@H](C)[C@@H]3O[C@]4(C[C@@H](O)[C@H](O[C@H]5C[C@@H](O[C@@H]6C[C@](C)(N([O-])O)[C@@H](OC)[C@H](C)O6)[C@H](OC(=O)c6c(C)c(Cl)c(O)c(Cl)c6OC)[C@H](C)O5)[C@@H](C)O4)O[C@]3(C)[C@H]2O)[C@H]1O. The quantitative estimate of drug-likeness (QED) is 0.0619. The highest BCUT2D eigenvalue weighted by Gasteiger charge is 2.72. The molecule has 105 heavy (non-hydrogen) atoms. The Labute approximate surface area is 615 Å². The number of rotatable bonds is 22. The third-order valence-electron chi connectivity index (χ3n) is 22.2. The molecule has 37 nitrogen and oxygen atoms in total. The van der Waals surface area contributed by atoms with Gasteiger partial charge in [0, 0.05) is 55.5 Å². The number of nitrogens with zero attached hydrogens (tertiary/aromatic N) is 1. The number of fused-ring (bicyclic) bond motifs is 4. The van der Waals surface area contributed by atoms with Gasteiger partial charge in [-0.3, -0.25) is 5.23 Å². The molecule has 2 spiro atoms. The second-order valence-corrected chi connectivity index (χ2v) is 29.6. The van der Waals surface area contributed by atoms with Gasteiger partial charge in [0.05, 0.1) is 86.6 Å². The van der Waals surface area contributed by atoms with Crippen molar-refractivity contribution in [3.63, 3.8) is 0 Å². The molecule has 12 rings (SSSR count). The van der Waals surface area contributed by atoms with Crippen LogP contribution in [0.3, 0.4) is 0 Å². The molecule has 36 atom stereocenters.